The van der Waals surface area contributed by atoms with E-state index in [0.717, 1.165) is 0 Å². The van der Waals surface area contributed by atoms with Gasteiger partial charge in [0.25, 0.3) is 0 Å². The number of hydrogen-bond acceptors (Lipinski definition) is 1. The number of hydrogen-bond donors (Lipinski definition) is 2. The Bertz CT molecular complexity index is 255. The Morgan fingerprint density at radius 3 is 1.38 bits per heavy atom. The van der Waals surface area contributed by atoms with Gasteiger partial charge in [-0.3, -0.25) is 5.41 Å². The SMILES string of the molecule is NC=CC=CC=CC=CC=CC=[NH2+]. The Morgan fingerprint density at radius 1 is 0.615 bits per heavy atom. The average Bonchev–Trinajstić information content (AvgIpc) is 2.16. The summed E-state index contributed by atoms with van der Waals surface area (Å²) < 4.78 is 0. The van der Waals surface area contributed by atoms with Crippen LogP contribution in [0.25, 0.3) is 0 Å². The smallest absolute Gasteiger partial charge is 0.160 e. The highest BCUT2D eigenvalue weighted by molar-refractivity contribution is 5.65. The lowest BCUT2D eigenvalue weighted by molar-refractivity contribution is -0.104. The van der Waals surface area contributed by atoms with Crippen LogP contribution in [-0.2, 0) is 0 Å². The van der Waals surface area contributed by atoms with E-state index in [9.17, 15) is 0 Å². The molecule has 0 fully saturated rings. The molecular formula is C11H15N2+. The fourth-order valence-corrected chi connectivity index (χ4v) is 0.577. The van der Waals surface area contributed by atoms with Crippen molar-refractivity contribution >= 4 is 6.21 Å². The quantitative estimate of drug-likeness (QED) is 0.464. The summed E-state index contributed by atoms with van der Waals surface area (Å²) in [6.45, 7) is 0. The summed E-state index contributed by atoms with van der Waals surface area (Å²) in [5, 5.41) is 5.13. The van der Waals surface area contributed by atoms with Crippen LogP contribution in [0.4, 0.5) is 0 Å². The summed E-state index contributed by atoms with van der Waals surface area (Å²) in [4.78, 5) is 0. The van der Waals surface area contributed by atoms with Crippen molar-refractivity contribution in [3.63, 3.8) is 0 Å². The molecule has 0 saturated heterocycles. The van der Waals surface area contributed by atoms with Crippen molar-refractivity contribution in [1.82, 2.24) is 0 Å². The highest BCUT2D eigenvalue weighted by Gasteiger charge is 1.63. The lowest BCUT2D eigenvalue weighted by Crippen LogP contribution is -2.27. The van der Waals surface area contributed by atoms with Gasteiger partial charge in [0.05, 0.1) is 0 Å². The molecule has 4 N–H and O–H groups in total. The van der Waals surface area contributed by atoms with Gasteiger partial charge in [0, 0.05) is 6.08 Å². The molecule has 0 spiro atoms. The minimum atomic E-state index is 1.49. The summed E-state index contributed by atoms with van der Waals surface area (Å²) >= 11 is 0. The fraction of sp³-hybridized carbons (Fsp3) is 0. The molecular weight excluding hydrogens is 160 g/mol. The molecule has 13 heavy (non-hydrogen) atoms. The maximum absolute atomic E-state index is 5.13. The van der Waals surface area contributed by atoms with E-state index in [1.165, 1.54) is 12.4 Å². The van der Waals surface area contributed by atoms with Crippen LogP contribution >= 0.6 is 0 Å². The Morgan fingerprint density at radius 2 is 1.00 bits per heavy atom. The Balaban J connectivity index is 3.68. The monoisotopic (exact) mass is 175 g/mol. The number of allylic oxidation sites excluding steroid dienone is 9. The molecule has 0 aliphatic heterocycles. The summed E-state index contributed by atoms with van der Waals surface area (Å²) in [5.74, 6) is 0. The van der Waals surface area contributed by atoms with E-state index < -0.39 is 0 Å². The van der Waals surface area contributed by atoms with Crippen LogP contribution in [-0.4, -0.2) is 6.21 Å². The first-order valence-electron chi connectivity index (χ1n) is 4.00. The molecule has 0 aliphatic carbocycles. The molecule has 0 bridgehead atoms. The van der Waals surface area contributed by atoms with Crippen molar-refractivity contribution in [3.05, 3.63) is 60.9 Å². The lowest BCUT2D eigenvalue weighted by atomic mass is 10.4. The molecule has 0 aromatic heterocycles. The Kier molecular flexibility index (Phi) is 8.74. The van der Waals surface area contributed by atoms with Gasteiger partial charge in [-0.2, -0.15) is 0 Å². The van der Waals surface area contributed by atoms with E-state index in [4.69, 9.17) is 11.1 Å². The molecule has 0 unspecified atom stereocenters. The van der Waals surface area contributed by atoms with Gasteiger partial charge >= 0.3 is 0 Å². The van der Waals surface area contributed by atoms with Gasteiger partial charge in [0.2, 0.25) is 0 Å². The third-order valence-corrected chi connectivity index (χ3v) is 1.11. The van der Waals surface area contributed by atoms with Crippen molar-refractivity contribution in [2.45, 2.75) is 0 Å². The third kappa shape index (κ3) is 10.2. The van der Waals surface area contributed by atoms with Crippen LogP contribution in [0.3, 0.4) is 0 Å². The number of nitrogens with two attached hydrogens (primary N) is 2. The zero-order chi connectivity index (χ0) is 9.78. The lowest BCUT2D eigenvalue weighted by Gasteiger charge is -1.72. The normalized spacial score (nSPS) is 13.2. The molecule has 0 aliphatic rings. The average molecular weight is 175 g/mol. The predicted molar refractivity (Wildman–Crippen MR) is 57.9 cm³/mol. The molecule has 0 radical (unpaired) electrons. The van der Waals surface area contributed by atoms with Crippen LogP contribution in [0, 0.1) is 0 Å². The first-order chi connectivity index (χ1) is 6.41. The molecule has 0 atom stereocenters. The molecule has 0 saturated carbocycles. The molecule has 2 heteroatoms. The summed E-state index contributed by atoms with van der Waals surface area (Å²) in [7, 11) is 0. The minimum Gasteiger partial charge on any atom is -0.405 e. The molecule has 0 amide bonds. The van der Waals surface area contributed by atoms with Gasteiger partial charge in [-0.25, -0.2) is 0 Å². The minimum absolute atomic E-state index is 1.49. The summed E-state index contributed by atoms with van der Waals surface area (Å²) in [5.41, 5.74) is 5.13. The van der Waals surface area contributed by atoms with Crippen molar-refractivity contribution in [2.24, 2.45) is 5.73 Å². The van der Waals surface area contributed by atoms with Gasteiger partial charge in [-0.1, -0.05) is 42.5 Å². The van der Waals surface area contributed by atoms with Gasteiger partial charge < -0.3 is 5.73 Å². The third-order valence-electron chi connectivity index (χ3n) is 1.11. The largest absolute Gasteiger partial charge is 0.405 e. The van der Waals surface area contributed by atoms with Crippen molar-refractivity contribution in [3.8, 4) is 0 Å². The van der Waals surface area contributed by atoms with Crippen molar-refractivity contribution < 1.29 is 5.41 Å². The van der Waals surface area contributed by atoms with Gasteiger partial charge in [-0.05, 0) is 12.3 Å². The zero-order valence-electron chi connectivity index (χ0n) is 7.51. The van der Waals surface area contributed by atoms with E-state index in [0.29, 0.717) is 0 Å². The second kappa shape index (κ2) is 10.2. The molecule has 68 valence electrons. The van der Waals surface area contributed by atoms with E-state index in [-0.39, 0.29) is 0 Å². The first-order valence-corrected chi connectivity index (χ1v) is 4.00. The molecule has 0 rings (SSSR count). The summed E-state index contributed by atoms with van der Waals surface area (Å²) in [6, 6.07) is 0. The Labute approximate surface area is 79.0 Å². The van der Waals surface area contributed by atoms with Crippen LogP contribution in [0.2, 0.25) is 0 Å². The fourth-order valence-electron chi connectivity index (χ4n) is 0.577. The second-order valence-electron chi connectivity index (χ2n) is 2.12. The highest BCUT2D eigenvalue weighted by Crippen LogP contribution is 1.81. The standard InChI is InChI=1S/C11H14N2/c12-10-8-6-4-2-1-3-5-7-9-11-13/h1-12H,13H2/p+1. The second-order valence-corrected chi connectivity index (χ2v) is 2.12. The number of rotatable bonds is 5. The van der Waals surface area contributed by atoms with Crippen LogP contribution in [0.1, 0.15) is 0 Å². The van der Waals surface area contributed by atoms with Gasteiger partial charge in [0.1, 0.15) is 0 Å². The van der Waals surface area contributed by atoms with Crippen LogP contribution < -0.4 is 11.1 Å². The van der Waals surface area contributed by atoms with Crippen molar-refractivity contribution in [2.75, 3.05) is 0 Å². The van der Waals surface area contributed by atoms with E-state index in [2.05, 4.69) is 0 Å². The zero-order valence-corrected chi connectivity index (χ0v) is 7.51. The molecule has 2 nitrogen and oxygen atoms in total. The van der Waals surface area contributed by atoms with Crippen molar-refractivity contribution in [1.29, 1.82) is 0 Å². The maximum Gasteiger partial charge on any atom is 0.160 e. The van der Waals surface area contributed by atoms with Crippen LogP contribution in [0.15, 0.2) is 60.9 Å². The maximum atomic E-state index is 5.13. The first kappa shape index (κ1) is 11.2. The topological polar surface area (TPSA) is 51.6 Å². The molecule has 0 aromatic carbocycles. The molecule has 0 aromatic rings. The van der Waals surface area contributed by atoms with Gasteiger partial charge in [-0.15, -0.1) is 0 Å². The molecule has 0 heterocycles. The Hall–Kier alpha value is -1.83. The highest BCUT2D eigenvalue weighted by atomic mass is 14.5. The van der Waals surface area contributed by atoms with E-state index in [1.807, 2.05) is 42.5 Å². The van der Waals surface area contributed by atoms with Crippen LogP contribution in [0.5, 0.6) is 0 Å². The summed E-state index contributed by atoms with van der Waals surface area (Å²) in [6.07, 6.45) is 19.7. The van der Waals surface area contributed by atoms with E-state index >= 15 is 0 Å². The van der Waals surface area contributed by atoms with E-state index in [1.54, 1.807) is 12.2 Å². The predicted octanol–water partition coefficient (Wildman–Crippen LogP) is 0.513. The van der Waals surface area contributed by atoms with Gasteiger partial charge in [0.15, 0.2) is 6.21 Å².